The number of halogens is 1. The minimum absolute atomic E-state index is 0.0417. The molecule has 1 aliphatic rings. The molecule has 0 unspecified atom stereocenters. The number of thiazole rings is 1. The molecule has 1 fully saturated rings. The molecule has 0 bridgehead atoms. The molecule has 2 N–H and O–H groups in total. The Labute approximate surface area is 213 Å². The number of hydrogen-bond donors (Lipinski definition) is 1. The van der Waals surface area contributed by atoms with Crippen LogP contribution in [0.5, 0.6) is 5.88 Å². The molecule has 1 amide bonds. The Morgan fingerprint density at radius 3 is 2.57 bits per heavy atom. The molecule has 0 aliphatic carbocycles. The number of ether oxygens (including phenoxy) is 1. The highest BCUT2D eigenvalue weighted by molar-refractivity contribution is 7.91. The van der Waals surface area contributed by atoms with Crippen LogP contribution in [0.4, 0.5) is 0 Å². The van der Waals surface area contributed by atoms with Crippen molar-refractivity contribution in [3.8, 4) is 5.88 Å². The highest BCUT2D eigenvalue weighted by Gasteiger charge is 2.29. The van der Waals surface area contributed by atoms with Crippen LogP contribution in [-0.2, 0) is 21.7 Å². The van der Waals surface area contributed by atoms with Crippen molar-refractivity contribution < 1.29 is 17.9 Å². The number of nitrogens with two attached hydrogens (primary N) is 1. The lowest BCUT2D eigenvalue weighted by Gasteiger charge is -2.32. The highest BCUT2D eigenvalue weighted by atomic mass is 35.5. The van der Waals surface area contributed by atoms with Gasteiger partial charge in [-0.05, 0) is 47.9 Å². The van der Waals surface area contributed by atoms with Crippen molar-refractivity contribution >= 4 is 49.5 Å². The summed E-state index contributed by atoms with van der Waals surface area (Å²) in [5.74, 6) is 0.606. The van der Waals surface area contributed by atoms with Crippen LogP contribution in [0.3, 0.4) is 0 Å². The fourth-order valence-corrected chi connectivity index (χ4v) is 7.07. The number of benzene rings is 2. The van der Waals surface area contributed by atoms with E-state index in [1.165, 1.54) is 0 Å². The van der Waals surface area contributed by atoms with Gasteiger partial charge in [0.2, 0.25) is 11.8 Å². The number of nitrogens with zero attached hydrogens (tertiary/aromatic N) is 3. The van der Waals surface area contributed by atoms with E-state index in [-0.39, 0.29) is 35.6 Å². The van der Waals surface area contributed by atoms with E-state index in [9.17, 15) is 13.2 Å². The third-order valence-electron chi connectivity index (χ3n) is 6.35. The van der Waals surface area contributed by atoms with Crippen LogP contribution < -0.4 is 15.3 Å². The summed E-state index contributed by atoms with van der Waals surface area (Å²) in [6, 6.07) is 10.3. The smallest absolute Gasteiger partial charge is 0.223 e. The van der Waals surface area contributed by atoms with Gasteiger partial charge in [-0.25, -0.2) is 8.42 Å². The molecule has 2 aromatic carbocycles. The average Bonchev–Trinajstić information content (AvgIpc) is 3.17. The zero-order valence-electron chi connectivity index (χ0n) is 19.7. The van der Waals surface area contributed by atoms with E-state index in [2.05, 4.69) is 4.99 Å². The minimum Gasteiger partial charge on any atom is -0.462 e. The topological polar surface area (TPSA) is 107 Å². The first-order chi connectivity index (χ1) is 16.7. The molecule has 0 atom stereocenters. The van der Waals surface area contributed by atoms with Crippen molar-refractivity contribution in [3.05, 3.63) is 51.1 Å². The van der Waals surface area contributed by atoms with Gasteiger partial charge in [-0.15, -0.1) is 0 Å². The lowest BCUT2D eigenvalue weighted by atomic mass is 9.95. The molecule has 0 saturated carbocycles. The number of hydrogen-bond acceptors (Lipinski definition) is 7. The molecule has 35 heavy (non-hydrogen) atoms. The summed E-state index contributed by atoms with van der Waals surface area (Å²) in [6.45, 7) is 1.22. The lowest BCUT2D eigenvalue weighted by Crippen LogP contribution is -2.38. The van der Waals surface area contributed by atoms with Crippen molar-refractivity contribution in [3.63, 3.8) is 0 Å². The molecule has 1 aromatic heterocycles. The summed E-state index contributed by atoms with van der Waals surface area (Å²) < 4.78 is 33.4. The predicted molar refractivity (Wildman–Crippen MR) is 139 cm³/mol. The van der Waals surface area contributed by atoms with Crippen molar-refractivity contribution in [2.24, 2.45) is 17.8 Å². The Morgan fingerprint density at radius 2 is 1.89 bits per heavy atom. The molecule has 0 radical (unpaired) electrons. The molecule has 188 valence electrons. The van der Waals surface area contributed by atoms with Crippen LogP contribution in [0.25, 0.3) is 10.8 Å². The largest absolute Gasteiger partial charge is 0.462 e. The molecule has 3 aromatic rings. The Kier molecular flexibility index (Phi) is 7.85. The molecule has 1 aliphatic heterocycles. The molecule has 0 spiro atoms. The van der Waals surface area contributed by atoms with E-state index in [0.29, 0.717) is 18.1 Å². The maximum absolute atomic E-state index is 12.9. The van der Waals surface area contributed by atoms with Gasteiger partial charge >= 0.3 is 0 Å². The van der Waals surface area contributed by atoms with Gasteiger partial charge in [0.25, 0.3) is 0 Å². The molecule has 4 rings (SSSR count). The zero-order chi connectivity index (χ0) is 25.2. The van der Waals surface area contributed by atoms with E-state index < -0.39 is 9.84 Å². The number of sulfone groups is 1. The summed E-state index contributed by atoms with van der Waals surface area (Å²) in [7, 11) is 0.0541. The molecule has 8 nitrogen and oxygen atoms in total. The summed E-state index contributed by atoms with van der Waals surface area (Å²) in [5, 5.41) is 2.26. The number of carbonyl (C=O) groups excluding carboxylic acids is 1. The fraction of sp³-hybridized carbons (Fsp3) is 0.417. The van der Waals surface area contributed by atoms with Crippen LogP contribution >= 0.6 is 22.9 Å². The Balaban J connectivity index is 1.38. The summed E-state index contributed by atoms with van der Waals surface area (Å²) in [5.41, 5.74) is 5.62. The summed E-state index contributed by atoms with van der Waals surface area (Å²) >= 11 is 7.59. The fourth-order valence-electron chi connectivity index (χ4n) is 4.44. The first kappa shape index (κ1) is 25.7. The van der Waals surface area contributed by atoms with Crippen molar-refractivity contribution in [1.82, 2.24) is 9.47 Å². The first-order valence-corrected chi connectivity index (χ1v) is 14.2. The second kappa shape index (κ2) is 10.7. The van der Waals surface area contributed by atoms with Crippen LogP contribution in [-0.4, -0.2) is 56.4 Å². The Morgan fingerprint density at radius 1 is 1.20 bits per heavy atom. The molecule has 11 heteroatoms. The summed E-state index contributed by atoms with van der Waals surface area (Å²) in [4.78, 5) is 21.0. The average molecular weight is 537 g/mol. The third kappa shape index (κ3) is 5.55. The lowest BCUT2D eigenvalue weighted by molar-refractivity contribution is -0.131. The van der Waals surface area contributed by atoms with Gasteiger partial charge in [-0.3, -0.25) is 20.1 Å². The first-order valence-electron chi connectivity index (χ1n) is 11.4. The van der Waals surface area contributed by atoms with Gasteiger partial charge in [-0.2, -0.15) is 0 Å². The number of carbonyl (C=O) groups is 1. The Bertz CT molecular complexity index is 1410. The normalized spacial score (nSPS) is 15.7. The standard InChI is InChI=1S/C24H29ClN4O4S2/c1-27-24-28(2)23(33-15-26)22(34-24)16-7-10-29(11-8-16)21(30)9-12-35(31,32)20-6-4-17-13-19(25)5-3-18(17)14-20/h3-6,13-14,16H,7-12,15,26H2,1-2H3. The van der Waals surface area contributed by atoms with Crippen molar-refractivity contribution in [2.45, 2.75) is 30.1 Å². The van der Waals surface area contributed by atoms with E-state index in [1.807, 2.05) is 11.6 Å². The zero-order valence-corrected chi connectivity index (χ0v) is 22.1. The quantitative estimate of drug-likeness (QED) is 0.466. The molecule has 1 saturated heterocycles. The van der Waals surface area contributed by atoms with Crippen LogP contribution in [0, 0.1) is 0 Å². The Hall–Kier alpha value is -2.40. The second-order valence-electron chi connectivity index (χ2n) is 8.52. The van der Waals surface area contributed by atoms with Crippen molar-refractivity contribution in [2.75, 3.05) is 32.6 Å². The molecule has 2 heterocycles. The third-order valence-corrected chi connectivity index (χ3v) is 9.67. The van der Waals surface area contributed by atoms with Crippen molar-refractivity contribution in [1.29, 1.82) is 0 Å². The van der Waals surface area contributed by atoms with Crippen LogP contribution in [0.2, 0.25) is 5.02 Å². The van der Waals surface area contributed by atoms with Crippen LogP contribution in [0.1, 0.15) is 30.1 Å². The minimum atomic E-state index is -3.59. The molecular weight excluding hydrogens is 508 g/mol. The van der Waals surface area contributed by atoms with E-state index in [4.69, 9.17) is 22.1 Å². The van der Waals surface area contributed by atoms with Gasteiger partial charge < -0.3 is 9.64 Å². The number of amides is 1. The SMILES string of the molecule is CN=c1sc(C2CCN(C(=O)CCS(=O)(=O)c3ccc4cc(Cl)ccc4c3)CC2)c(OCN)n1C. The number of piperidine rings is 1. The van der Waals surface area contributed by atoms with E-state index in [1.54, 1.807) is 59.7 Å². The van der Waals surface area contributed by atoms with Gasteiger partial charge in [0.1, 0.15) is 6.73 Å². The van der Waals surface area contributed by atoms with E-state index >= 15 is 0 Å². The maximum atomic E-state index is 12.9. The van der Waals surface area contributed by atoms with Gasteiger partial charge in [0, 0.05) is 44.5 Å². The van der Waals surface area contributed by atoms with Gasteiger partial charge in [-0.1, -0.05) is 35.1 Å². The summed E-state index contributed by atoms with van der Waals surface area (Å²) in [6.07, 6.45) is 1.51. The van der Waals surface area contributed by atoms with E-state index in [0.717, 1.165) is 39.2 Å². The number of fused-ring (bicyclic) bond motifs is 1. The number of aromatic nitrogens is 1. The number of rotatable bonds is 7. The molecular formula is C24H29ClN4O4S2. The van der Waals surface area contributed by atoms with Crippen LogP contribution in [0.15, 0.2) is 46.3 Å². The predicted octanol–water partition coefficient (Wildman–Crippen LogP) is 3.29. The second-order valence-corrected chi connectivity index (χ2v) is 12.1. The van der Waals surface area contributed by atoms with Gasteiger partial charge in [0.15, 0.2) is 14.6 Å². The number of likely N-dealkylation sites (tertiary alicyclic amines) is 1. The van der Waals surface area contributed by atoms with Gasteiger partial charge in [0.05, 0.1) is 15.5 Å². The highest BCUT2D eigenvalue weighted by Crippen LogP contribution is 2.36. The monoisotopic (exact) mass is 536 g/mol. The maximum Gasteiger partial charge on any atom is 0.223 e.